The van der Waals surface area contributed by atoms with E-state index in [0.717, 1.165) is 30.8 Å². The zero-order chi connectivity index (χ0) is 13.7. The number of carbonyl (C=O) groups excluding carboxylic acids is 1. The molecule has 1 fully saturated rings. The van der Waals surface area contributed by atoms with Gasteiger partial charge in [0.15, 0.2) is 0 Å². The van der Waals surface area contributed by atoms with Crippen LogP contribution in [0.3, 0.4) is 0 Å². The third-order valence-electron chi connectivity index (χ3n) is 3.54. The van der Waals surface area contributed by atoms with Gasteiger partial charge in [0.1, 0.15) is 0 Å². The molecule has 1 aromatic heterocycles. The molecule has 0 bridgehead atoms. The minimum Gasteiger partial charge on any atom is -0.341 e. The number of carbonyl (C=O) groups is 1. The molecule has 104 valence electrons. The van der Waals surface area contributed by atoms with Crippen molar-refractivity contribution in [3.63, 3.8) is 0 Å². The Labute approximate surface area is 119 Å². The van der Waals surface area contributed by atoms with Crippen LogP contribution in [0.5, 0.6) is 0 Å². The van der Waals surface area contributed by atoms with Crippen LogP contribution in [0.25, 0.3) is 0 Å². The molecule has 2 rings (SSSR count). The highest BCUT2D eigenvalue weighted by Gasteiger charge is 2.25. The molecule has 1 amide bonds. The quantitative estimate of drug-likeness (QED) is 0.849. The summed E-state index contributed by atoms with van der Waals surface area (Å²) in [5.41, 5.74) is 1.14. The van der Waals surface area contributed by atoms with Crippen molar-refractivity contribution < 1.29 is 4.79 Å². The van der Waals surface area contributed by atoms with Gasteiger partial charge in [0, 0.05) is 42.9 Å². The van der Waals surface area contributed by atoms with Crippen molar-refractivity contribution in [2.24, 2.45) is 5.92 Å². The van der Waals surface area contributed by atoms with Gasteiger partial charge in [-0.05, 0) is 24.0 Å². The number of aromatic nitrogens is 1. The second-order valence-electron chi connectivity index (χ2n) is 5.35. The molecule has 1 aromatic rings. The number of hydrogen-bond acceptors (Lipinski definition) is 3. The Morgan fingerprint density at radius 1 is 1.58 bits per heavy atom. The summed E-state index contributed by atoms with van der Waals surface area (Å²) in [6.07, 6.45) is 5.00. The highest BCUT2D eigenvalue weighted by molar-refractivity contribution is 8.00. The molecule has 1 saturated heterocycles. The van der Waals surface area contributed by atoms with Gasteiger partial charge in [-0.15, -0.1) is 0 Å². The van der Waals surface area contributed by atoms with E-state index in [4.69, 9.17) is 0 Å². The van der Waals surface area contributed by atoms with Crippen LogP contribution >= 0.6 is 11.8 Å². The summed E-state index contributed by atoms with van der Waals surface area (Å²) in [6.45, 7) is 6.29. The summed E-state index contributed by atoms with van der Waals surface area (Å²) >= 11 is 2.00. The maximum Gasteiger partial charge on any atom is 0.222 e. The van der Waals surface area contributed by atoms with E-state index in [0.29, 0.717) is 17.6 Å². The van der Waals surface area contributed by atoms with Crippen molar-refractivity contribution in [3.8, 4) is 0 Å². The highest BCUT2D eigenvalue weighted by Crippen LogP contribution is 2.25. The van der Waals surface area contributed by atoms with Crippen molar-refractivity contribution in [2.45, 2.75) is 31.9 Å². The van der Waals surface area contributed by atoms with Crippen molar-refractivity contribution in [1.29, 1.82) is 0 Å². The van der Waals surface area contributed by atoms with Gasteiger partial charge in [-0.1, -0.05) is 19.9 Å². The van der Waals surface area contributed by atoms with Crippen LogP contribution in [-0.4, -0.2) is 39.9 Å². The summed E-state index contributed by atoms with van der Waals surface area (Å²) in [5, 5.41) is 0.594. The Balaban J connectivity index is 1.83. The second-order valence-corrected chi connectivity index (χ2v) is 6.70. The lowest BCUT2D eigenvalue weighted by Crippen LogP contribution is -2.43. The van der Waals surface area contributed by atoms with Crippen LogP contribution in [-0.2, 0) is 11.2 Å². The monoisotopic (exact) mass is 278 g/mol. The van der Waals surface area contributed by atoms with Gasteiger partial charge < -0.3 is 4.90 Å². The number of amides is 1. The summed E-state index contributed by atoms with van der Waals surface area (Å²) < 4.78 is 0. The predicted molar refractivity (Wildman–Crippen MR) is 80.2 cm³/mol. The fraction of sp³-hybridized carbons (Fsp3) is 0.600. The van der Waals surface area contributed by atoms with Gasteiger partial charge in [-0.3, -0.25) is 9.78 Å². The van der Waals surface area contributed by atoms with Gasteiger partial charge in [0.05, 0.1) is 0 Å². The molecular weight excluding hydrogens is 256 g/mol. The Kier molecular flexibility index (Phi) is 5.25. The average molecular weight is 278 g/mol. The molecule has 0 aromatic carbocycles. The Bertz CT molecular complexity index is 408. The van der Waals surface area contributed by atoms with E-state index < -0.39 is 0 Å². The van der Waals surface area contributed by atoms with Crippen LogP contribution in [0.2, 0.25) is 0 Å². The standard InChI is InChI=1S/C15H22N2OS/c1-12(2)14-11-17(8-9-19-14)15(18)6-5-13-4-3-7-16-10-13/h3-4,7,10,12,14H,5-6,8-9,11H2,1-2H3/t14-/m1/s1. The molecule has 3 nitrogen and oxygen atoms in total. The number of thioether (sulfide) groups is 1. The Hall–Kier alpha value is -1.03. The van der Waals surface area contributed by atoms with Gasteiger partial charge in [0.2, 0.25) is 5.91 Å². The molecular formula is C15H22N2OS. The van der Waals surface area contributed by atoms with E-state index in [1.54, 1.807) is 6.20 Å². The lowest BCUT2D eigenvalue weighted by Gasteiger charge is -2.34. The van der Waals surface area contributed by atoms with Crippen molar-refractivity contribution in [1.82, 2.24) is 9.88 Å². The number of aryl methyl sites for hydroxylation is 1. The molecule has 1 atom stereocenters. The first-order valence-corrected chi connectivity index (χ1v) is 8.00. The predicted octanol–water partition coefficient (Wildman–Crippen LogP) is 2.61. The van der Waals surface area contributed by atoms with Crippen molar-refractivity contribution in [3.05, 3.63) is 30.1 Å². The molecule has 1 aliphatic heterocycles. The maximum absolute atomic E-state index is 12.2. The first-order valence-electron chi connectivity index (χ1n) is 6.95. The molecule has 19 heavy (non-hydrogen) atoms. The largest absolute Gasteiger partial charge is 0.341 e. The first-order chi connectivity index (χ1) is 9.16. The lowest BCUT2D eigenvalue weighted by atomic mass is 10.1. The van der Waals surface area contributed by atoms with Crippen LogP contribution in [0.1, 0.15) is 25.8 Å². The Morgan fingerprint density at radius 2 is 2.42 bits per heavy atom. The molecule has 0 N–H and O–H groups in total. The third kappa shape index (κ3) is 4.23. The second kappa shape index (κ2) is 6.94. The lowest BCUT2D eigenvalue weighted by molar-refractivity contribution is -0.131. The first kappa shape index (κ1) is 14.4. The normalized spacial score (nSPS) is 19.7. The van der Waals surface area contributed by atoms with E-state index in [1.807, 2.05) is 35.0 Å². The summed E-state index contributed by atoms with van der Waals surface area (Å²) in [5.74, 6) is 2.00. The van der Waals surface area contributed by atoms with E-state index in [1.165, 1.54) is 0 Å². The van der Waals surface area contributed by atoms with E-state index in [-0.39, 0.29) is 5.91 Å². The van der Waals surface area contributed by atoms with Crippen LogP contribution < -0.4 is 0 Å². The zero-order valence-corrected chi connectivity index (χ0v) is 12.5. The minimum absolute atomic E-state index is 0.287. The summed E-state index contributed by atoms with van der Waals surface area (Å²) in [6, 6.07) is 3.95. The number of nitrogens with zero attached hydrogens (tertiary/aromatic N) is 2. The van der Waals surface area contributed by atoms with Crippen LogP contribution in [0.4, 0.5) is 0 Å². The van der Waals surface area contributed by atoms with Gasteiger partial charge in [-0.25, -0.2) is 0 Å². The Morgan fingerprint density at radius 3 is 3.11 bits per heavy atom. The number of rotatable bonds is 4. The molecule has 0 spiro atoms. The minimum atomic E-state index is 0.287. The van der Waals surface area contributed by atoms with Crippen LogP contribution in [0.15, 0.2) is 24.5 Å². The molecule has 4 heteroatoms. The van der Waals surface area contributed by atoms with Gasteiger partial charge >= 0.3 is 0 Å². The maximum atomic E-state index is 12.2. The van der Waals surface area contributed by atoms with E-state index in [9.17, 15) is 4.79 Å². The molecule has 0 aliphatic carbocycles. The highest BCUT2D eigenvalue weighted by atomic mass is 32.2. The SMILES string of the molecule is CC(C)[C@H]1CN(C(=O)CCc2cccnc2)CCS1. The molecule has 2 heterocycles. The number of hydrogen-bond donors (Lipinski definition) is 0. The summed E-state index contributed by atoms with van der Waals surface area (Å²) in [4.78, 5) is 18.4. The van der Waals surface area contributed by atoms with Crippen molar-refractivity contribution >= 4 is 17.7 Å². The van der Waals surface area contributed by atoms with Gasteiger partial charge in [0.25, 0.3) is 0 Å². The fourth-order valence-electron chi connectivity index (χ4n) is 2.26. The molecule has 0 saturated carbocycles. The average Bonchev–Trinajstić information content (AvgIpc) is 2.46. The van der Waals surface area contributed by atoms with Crippen molar-refractivity contribution in [2.75, 3.05) is 18.8 Å². The van der Waals surface area contributed by atoms with Gasteiger partial charge in [-0.2, -0.15) is 11.8 Å². The smallest absolute Gasteiger partial charge is 0.222 e. The summed E-state index contributed by atoms with van der Waals surface area (Å²) in [7, 11) is 0. The molecule has 1 aliphatic rings. The molecule has 0 radical (unpaired) electrons. The molecule has 0 unspecified atom stereocenters. The zero-order valence-electron chi connectivity index (χ0n) is 11.7. The topological polar surface area (TPSA) is 33.2 Å². The van der Waals surface area contributed by atoms with E-state index >= 15 is 0 Å². The van der Waals surface area contributed by atoms with Crippen LogP contribution in [0, 0.1) is 5.92 Å². The third-order valence-corrected chi connectivity index (χ3v) is 5.08. The van der Waals surface area contributed by atoms with E-state index in [2.05, 4.69) is 18.8 Å². The number of pyridine rings is 1. The fourth-order valence-corrected chi connectivity index (χ4v) is 3.56.